The smallest absolute Gasteiger partial charge is 0.410 e. The monoisotopic (exact) mass is 194 g/mol. The Morgan fingerprint density at radius 3 is 2.57 bits per heavy atom. The first-order valence-corrected chi connectivity index (χ1v) is 5.57. The molecule has 1 atom stereocenters. The van der Waals surface area contributed by atoms with Gasteiger partial charge in [0.05, 0.1) is 0 Å². The summed E-state index contributed by atoms with van der Waals surface area (Å²) in [5, 5.41) is 0. The Labute approximate surface area is 86.8 Å². The Balaban J connectivity index is 1.88. The molecular weight excluding hydrogens is 175 g/mol. The van der Waals surface area contributed by atoms with Crippen LogP contribution in [0.15, 0.2) is 12.2 Å². The van der Waals surface area contributed by atoms with E-state index in [-0.39, 0.29) is 12.5 Å². The predicted molar refractivity (Wildman–Crippen MR) is 58.2 cm³/mol. The van der Waals surface area contributed by atoms with Crippen molar-refractivity contribution in [1.29, 1.82) is 0 Å². The molecule has 78 valence electrons. The van der Waals surface area contributed by atoms with Gasteiger partial charge in [0.2, 0.25) is 0 Å². The van der Waals surface area contributed by atoms with Crippen LogP contribution in [0.1, 0.15) is 33.1 Å². The zero-order valence-corrected chi connectivity index (χ0v) is 9.16. The molecule has 1 fully saturated rings. The lowest BCUT2D eigenvalue weighted by atomic mass is 9.66. The van der Waals surface area contributed by atoms with Gasteiger partial charge in [0.15, 0.2) is 0 Å². The van der Waals surface area contributed by atoms with Gasteiger partial charge in [-0.2, -0.15) is 0 Å². The second-order valence-corrected chi connectivity index (χ2v) is 5.18. The van der Waals surface area contributed by atoms with E-state index in [2.05, 4.69) is 26.0 Å². The molecule has 0 bridgehead atoms. The van der Waals surface area contributed by atoms with Crippen LogP contribution >= 0.6 is 0 Å². The lowest BCUT2D eigenvalue weighted by Gasteiger charge is -2.35. The third-order valence-corrected chi connectivity index (χ3v) is 2.92. The van der Waals surface area contributed by atoms with Crippen LogP contribution < -0.4 is 0 Å². The summed E-state index contributed by atoms with van der Waals surface area (Å²) >= 11 is 0. The molecular formula is C11H19BO2. The number of hydrogen-bond acceptors (Lipinski definition) is 2. The average Bonchev–Trinajstić information content (AvgIpc) is 2.19. The van der Waals surface area contributed by atoms with Crippen LogP contribution in [0.2, 0.25) is 5.82 Å². The van der Waals surface area contributed by atoms with Crippen LogP contribution in [0.4, 0.5) is 0 Å². The number of rotatable bonds is 1. The third kappa shape index (κ3) is 2.40. The molecule has 14 heavy (non-hydrogen) atoms. The van der Waals surface area contributed by atoms with Crippen molar-refractivity contribution in [3.05, 3.63) is 12.2 Å². The van der Waals surface area contributed by atoms with Gasteiger partial charge >= 0.3 is 7.12 Å². The maximum absolute atomic E-state index is 5.76. The molecule has 0 aromatic rings. The molecule has 2 aliphatic rings. The average molecular weight is 194 g/mol. The highest BCUT2D eigenvalue weighted by Gasteiger charge is 2.36. The van der Waals surface area contributed by atoms with Gasteiger partial charge in [-0.05, 0) is 19.3 Å². The molecule has 3 heteroatoms. The first-order valence-electron chi connectivity index (χ1n) is 5.57. The van der Waals surface area contributed by atoms with Gasteiger partial charge in [0, 0.05) is 24.4 Å². The normalized spacial score (nSPS) is 31.9. The quantitative estimate of drug-likeness (QED) is 0.471. The summed E-state index contributed by atoms with van der Waals surface area (Å²) in [6, 6.07) is 0. The fourth-order valence-electron chi connectivity index (χ4n) is 2.02. The highest BCUT2D eigenvalue weighted by Crippen LogP contribution is 2.31. The molecule has 1 unspecified atom stereocenters. The van der Waals surface area contributed by atoms with Gasteiger partial charge in [0.25, 0.3) is 0 Å². The summed E-state index contributed by atoms with van der Waals surface area (Å²) in [4.78, 5) is 0. The van der Waals surface area contributed by atoms with Crippen LogP contribution in [-0.2, 0) is 9.31 Å². The Morgan fingerprint density at radius 2 is 2.00 bits per heavy atom. The Hall–Kier alpha value is -0.275. The van der Waals surface area contributed by atoms with E-state index >= 15 is 0 Å². The summed E-state index contributed by atoms with van der Waals surface area (Å²) in [6.45, 7) is 6.00. The fraction of sp³-hybridized carbons (Fsp3) is 0.818. The summed E-state index contributed by atoms with van der Waals surface area (Å²) in [6.07, 6.45) is 8.21. The lowest BCUT2D eigenvalue weighted by Crippen LogP contribution is -2.43. The molecule has 1 saturated heterocycles. The van der Waals surface area contributed by atoms with Crippen LogP contribution in [0.5, 0.6) is 0 Å². The van der Waals surface area contributed by atoms with E-state index < -0.39 is 0 Å². The minimum absolute atomic E-state index is 0.0135. The Morgan fingerprint density at radius 1 is 1.29 bits per heavy atom. The highest BCUT2D eigenvalue weighted by atomic mass is 16.6. The SMILES string of the molecule is CC1(C)COB(C2C=CCCC2)OC1. The fourth-order valence-corrected chi connectivity index (χ4v) is 2.02. The minimum Gasteiger partial charge on any atom is -0.410 e. The van der Waals surface area contributed by atoms with Crippen molar-refractivity contribution in [2.24, 2.45) is 5.41 Å². The predicted octanol–water partition coefficient (Wildman–Crippen LogP) is 2.66. The van der Waals surface area contributed by atoms with Gasteiger partial charge in [0.1, 0.15) is 0 Å². The highest BCUT2D eigenvalue weighted by molar-refractivity contribution is 6.47. The first-order chi connectivity index (χ1) is 6.67. The van der Waals surface area contributed by atoms with E-state index in [9.17, 15) is 0 Å². The lowest BCUT2D eigenvalue weighted by molar-refractivity contribution is 0.0251. The molecule has 2 nitrogen and oxygen atoms in total. The summed E-state index contributed by atoms with van der Waals surface area (Å²) < 4.78 is 11.5. The maximum Gasteiger partial charge on any atom is 0.464 e. The van der Waals surface area contributed by atoms with Crippen molar-refractivity contribution in [3.8, 4) is 0 Å². The van der Waals surface area contributed by atoms with E-state index in [1.807, 2.05) is 0 Å². The van der Waals surface area contributed by atoms with Crippen LogP contribution in [0.3, 0.4) is 0 Å². The van der Waals surface area contributed by atoms with E-state index in [0.29, 0.717) is 5.82 Å². The molecule has 0 aromatic heterocycles. The van der Waals surface area contributed by atoms with E-state index in [1.165, 1.54) is 19.3 Å². The first kappa shape index (κ1) is 10.2. The molecule has 0 amide bonds. The van der Waals surface area contributed by atoms with Gasteiger partial charge in [-0.25, -0.2) is 0 Å². The molecule has 1 aliphatic heterocycles. The van der Waals surface area contributed by atoms with E-state index in [1.54, 1.807) is 0 Å². The van der Waals surface area contributed by atoms with Crippen molar-refractivity contribution >= 4 is 7.12 Å². The molecule has 0 N–H and O–H groups in total. The van der Waals surface area contributed by atoms with Crippen LogP contribution in [-0.4, -0.2) is 20.3 Å². The molecule has 0 radical (unpaired) electrons. The van der Waals surface area contributed by atoms with Crippen molar-refractivity contribution in [1.82, 2.24) is 0 Å². The zero-order valence-electron chi connectivity index (χ0n) is 9.16. The van der Waals surface area contributed by atoms with E-state index in [4.69, 9.17) is 9.31 Å². The molecule has 1 heterocycles. The largest absolute Gasteiger partial charge is 0.464 e. The second kappa shape index (κ2) is 4.07. The number of allylic oxidation sites excluding steroid dienone is 2. The third-order valence-electron chi connectivity index (χ3n) is 2.92. The molecule has 0 spiro atoms. The Bertz CT molecular complexity index is 215. The van der Waals surface area contributed by atoms with Crippen molar-refractivity contribution in [3.63, 3.8) is 0 Å². The van der Waals surface area contributed by atoms with Gasteiger partial charge in [-0.3, -0.25) is 0 Å². The number of hydrogen-bond donors (Lipinski definition) is 0. The minimum atomic E-state index is 0.0135. The molecule has 1 aliphatic carbocycles. The van der Waals surface area contributed by atoms with Crippen LogP contribution in [0, 0.1) is 5.41 Å². The summed E-state index contributed by atoms with van der Waals surface area (Å²) in [7, 11) is 0.0135. The zero-order chi connectivity index (χ0) is 10.0. The van der Waals surface area contributed by atoms with Crippen molar-refractivity contribution in [2.75, 3.05) is 13.2 Å². The molecule has 0 saturated carbocycles. The maximum atomic E-state index is 5.76. The van der Waals surface area contributed by atoms with E-state index in [0.717, 1.165) is 13.2 Å². The standard InChI is InChI=1S/C11H19BO2/c1-11(2)8-13-12(14-9-11)10-6-4-3-5-7-10/h4,6,10H,3,5,7-9H2,1-2H3. The van der Waals surface area contributed by atoms with Gasteiger partial charge < -0.3 is 9.31 Å². The Kier molecular flexibility index (Phi) is 2.98. The topological polar surface area (TPSA) is 18.5 Å². The molecule has 2 rings (SSSR count). The van der Waals surface area contributed by atoms with Gasteiger partial charge in [-0.15, -0.1) is 0 Å². The molecule has 0 aromatic carbocycles. The summed E-state index contributed by atoms with van der Waals surface area (Å²) in [5.74, 6) is 0.486. The summed E-state index contributed by atoms with van der Waals surface area (Å²) in [5.41, 5.74) is 0.189. The second-order valence-electron chi connectivity index (χ2n) is 5.18. The van der Waals surface area contributed by atoms with Gasteiger partial charge in [-0.1, -0.05) is 26.0 Å². The van der Waals surface area contributed by atoms with Crippen molar-refractivity contribution < 1.29 is 9.31 Å². The van der Waals surface area contributed by atoms with Crippen LogP contribution in [0.25, 0.3) is 0 Å². The van der Waals surface area contributed by atoms with Crippen molar-refractivity contribution in [2.45, 2.75) is 38.9 Å².